The minimum atomic E-state index is -4.25. The van der Waals surface area contributed by atoms with Crippen LogP contribution >= 0.6 is 0 Å². The van der Waals surface area contributed by atoms with Crippen LogP contribution < -0.4 is 21.7 Å². The van der Waals surface area contributed by atoms with Crippen molar-refractivity contribution in [2.75, 3.05) is 37.6 Å². The van der Waals surface area contributed by atoms with Crippen LogP contribution in [0.3, 0.4) is 0 Å². The van der Waals surface area contributed by atoms with Crippen LogP contribution in [-0.4, -0.2) is 66.4 Å². The molecule has 184 valence electrons. The van der Waals surface area contributed by atoms with Gasteiger partial charge in [0.05, 0.1) is 12.1 Å². The fourth-order valence-electron chi connectivity index (χ4n) is 4.52. The molecule has 0 saturated carbocycles. The van der Waals surface area contributed by atoms with Crippen LogP contribution in [0, 0.1) is 12.7 Å². The number of benzene rings is 1. The van der Waals surface area contributed by atoms with Gasteiger partial charge in [-0.05, 0) is 32.0 Å². The Morgan fingerprint density at radius 1 is 1.18 bits per heavy atom. The zero-order valence-electron chi connectivity index (χ0n) is 19.2. The number of aliphatic imine (C=N–C) groups is 2. The molecule has 34 heavy (non-hydrogen) atoms. The van der Waals surface area contributed by atoms with Gasteiger partial charge in [0.15, 0.2) is 5.96 Å². The monoisotopic (exact) mass is 480 g/mol. The summed E-state index contributed by atoms with van der Waals surface area (Å²) in [5, 5.41) is 3.82. The van der Waals surface area contributed by atoms with Crippen LogP contribution in [0.25, 0.3) is 10.9 Å². The number of hydrogen-bond acceptors (Lipinski definition) is 8. The summed E-state index contributed by atoms with van der Waals surface area (Å²) in [4.78, 5) is 16.5. The first kappa shape index (κ1) is 24.0. The normalized spacial score (nSPS) is 22.9. The van der Waals surface area contributed by atoms with E-state index in [2.05, 4.69) is 15.3 Å². The van der Waals surface area contributed by atoms with Gasteiger partial charge in [0.2, 0.25) is 5.96 Å². The number of aryl methyl sites for hydroxylation is 1. The van der Waals surface area contributed by atoms with Gasteiger partial charge in [-0.2, -0.15) is 18.2 Å². The summed E-state index contributed by atoms with van der Waals surface area (Å²) in [7, 11) is 0. The van der Waals surface area contributed by atoms with Crippen LogP contribution in [0.4, 0.5) is 23.4 Å². The van der Waals surface area contributed by atoms with E-state index >= 15 is 0 Å². The predicted octanol–water partition coefficient (Wildman–Crippen LogP) is 2.42. The molecule has 2 aliphatic rings. The van der Waals surface area contributed by atoms with E-state index in [1.54, 1.807) is 13.0 Å². The van der Waals surface area contributed by atoms with Gasteiger partial charge in [-0.3, -0.25) is 4.90 Å². The summed E-state index contributed by atoms with van der Waals surface area (Å²) in [6, 6.07) is 4.98. The second-order valence-electron chi connectivity index (χ2n) is 8.98. The average molecular weight is 481 g/mol. The summed E-state index contributed by atoms with van der Waals surface area (Å²) >= 11 is 0. The van der Waals surface area contributed by atoms with E-state index < -0.39 is 18.4 Å². The highest BCUT2D eigenvalue weighted by molar-refractivity contribution is 5.96. The molecule has 2 aliphatic heterocycles. The number of halogens is 4. The number of aromatic nitrogens is 1. The minimum absolute atomic E-state index is 0.0413. The third-order valence-corrected chi connectivity index (χ3v) is 6.53. The molecule has 4 rings (SSSR count). The molecular weight excluding hydrogens is 452 g/mol. The molecule has 0 spiro atoms. The standard InChI is InChI=1S/C22H28F4N8/c1-12-16(23)5-4-14-10-15(13(2)21(3)31-19(27)30-20(28)32-21)18(29-17(12)14)34-8-6-33(7-9-34)11-22(24,25)26/h4-5,10,13H,6-9,11H2,1-3H3,(H5,27,28,30,31,32). The van der Waals surface area contributed by atoms with Crippen molar-refractivity contribution in [1.29, 1.82) is 0 Å². The van der Waals surface area contributed by atoms with E-state index in [4.69, 9.17) is 16.5 Å². The Hall–Kier alpha value is -3.15. The quantitative estimate of drug-likeness (QED) is 0.580. The fraction of sp³-hybridized carbons (Fsp3) is 0.500. The predicted molar refractivity (Wildman–Crippen MR) is 124 cm³/mol. The molecule has 2 aromatic rings. The van der Waals surface area contributed by atoms with E-state index in [1.807, 2.05) is 24.8 Å². The number of nitrogens with two attached hydrogens (primary N) is 2. The largest absolute Gasteiger partial charge is 0.401 e. The number of guanidine groups is 2. The van der Waals surface area contributed by atoms with Crippen molar-refractivity contribution in [1.82, 2.24) is 15.2 Å². The Balaban J connectivity index is 1.75. The van der Waals surface area contributed by atoms with Crippen molar-refractivity contribution in [3.8, 4) is 0 Å². The highest BCUT2D eigenvalue weighted by atomic mass is 19.4. The molecule has 0 bridgehead atoms. The van der Waals surface area contributed by atoms with Crippen LogP contribution in [0.1, 0.15) is 30.9 Å². The second-order valence-corrected chi connectivity index (χ2v) is 8.98. The maximum Gasteiger partial charge on any atom is 0.401 e. The van der Waals surface area contributed by atoms with Gasteiger partial charge in [0, 0.05) is 48.6 Å². The number of pyridine rings is 1. The Labute approximate surface area is 194 Å². The molecule has 1 saturated heterocycles. The van der Waals surface area contributed by atoms with Gasteiger partial charge in [0.25, 0.3) is 0 Å². The molecule has 0 radical (unpaired) electrons. The molecule has 2 atom stereocenters. The molecule has 1 aromatic carbocycles. The first-order chi connectivity index (χ1) is 15.9. The Morgan fingerprint density at radius 3 is 2.47 bits per heavy atom. The van der Waals surface area contributed by atoms with Crippen LogP contribution in [-0.2, 0) is 0 Å². The van der Waals surface area contributed by atoms with Gasteiger partial charge in [0.1, 0.15) is 17.3 Å². The van der Waals surface area contributed by atoms with Crippen LogP contribution in [0.5, 0.6) is 0 Å². The summed E-state index contributed by atoms with van der Waals surface area (Å²) in [5.74, 6) is 0.0724. The second kappa shape index (κ2) is 8.57. The number of fused-ring (bicyclic) bond motifs is 1. The van der Waals surface area contributed by atoms with Crippen molar-refractivity contribution >= 4 is 28.6 Å². The van der Waals surface area contributed by atoms with Gasteiger partial charge >= 0.3 is 6.18 Å². The maximum absolute atomic E-state index is 14.3. The van der Waals surface area contributed by atoms with E-state index in [0.29, 0.717) is 30.0 Å². The highest BCUT2D eigenvalue weighted by Gasteiger charge is 2.38. The lowest BCUT2D eigenvalue weighted by atomic mass is 9.87. The van der Waals surface area contributed by atoms with Crippen LogP contribution in [0.15, 0.2) is 28.2 Å². The average Bonchev–Trinajstić information content (AvgIpc) is 2.74. The lowest BCUT2D eigenvalue weighted by Gasteiger charge is -2.40. The molecule has 1 aromatic heterocycles. The van der Waals surface area contributed by atoms with Gasteiger partial charge in [-0.1, -0.05) is 6.92 Å². The number of rotatable bonds is 4. The summed E-state index contributed by atoms with van der Waals surface area (Å²) in [5.41, 5.74) is 12.5. The third-order valence-electron chi connectivity index (χ3n) is 6.53. The van der Waals surface area contributed by atoms with Crippen molar-refractivity contribution in [3.05, 3.63) is 35.1 Å². The van der Waals surface area contributed by atoms with Crippen LogP contribution in [0.2, 0.25) is 0 Å². The summed E-state index contributed by atoms with van der Waals surface area (Å²) in [6.45, 7) is 5.63. The highest BCUT2D eigenvalue weighted by Crippen LogP contribution is 2.38. The minimum Gasteiger partial charge on any atom is -0.370 e. The Bertz CT molecular complexity index is 1150. The van der Waals surface area contributed by atoms with E-state index in [-0.39, 0.29) is 36.7 Å². The third kappa shape index (κ3) is 4.72. The lowest BCUT2D eigenvalue weighted by Crippen LogP contribution is -2.55. The fourth-order valence-corrected chi connectivity index (χ4v) is 4.52. The number of nitrogens with one attached hydrogen (secondary N) is 1. The van der Waals surface area contributed by atoms with Gasteiger partial charge < -0.3 is 21.7 Å². The number of nitrogens with zero attached hydrogens (tertiary/aromatic N) is 5. The van der Waals surface area contributed by atoms with E-state index in [1.165, 1.54) is 11.0 Å². The summed E-state index contributed by atoms with van der Waals surface area (Å²) < 4.78 is 52.8. The number of alkyl halides is 3. The molecule has 1 fully saturated rings. The molecule has 5 N–H and O–H groups in total. The molecule has 2 unspecified atom stereocenters. The molecule has 0 aliphatic carbocycles. The molecule has 3 heterocycles. The zero-order valence-corrected chi connectivity index (χ0v) is 19.2. The molecule has 8 nitrogen and oxygen atoms in total. The lowest BCUT2D eigenvalue weighted by molar-refractivity contribution is -0.146. The molecule has 12 heteroatoms. The number of hydrogen-bond donors (Lipinski definition) is 3. The Kier molecular flexibility index (Phi) is 6.05. The van der Waals surface area contributed by atoms with Gasteiger partial charge in [-0.25, -0.2) is 14.4 Å². The first-order valence-corrected chi connectivity index (χ1v) is 11.0. The smallest absolute Gasteiger partial charge is 0.370 e. The van der Waals surface area contributed by atoms with Gasteiger partial charge in [-0.15, -0.1) is 0 Å². The maximum atomic E-state index is 14.3. The topological polar surface area (TPSA) is 108 Å². The molecule has 0 amide bonds. The summed E-state index contributed by atoms with van der Waals surface area (Å²) in [6.07, 6.45) is -4.25. The number of piperazine rings is 1. The first-order valence-electron chi connectivity index (χ1n) is 11.0. The molecular formula is C22H28F4N8. The van der Waals surface area contributed by atoms with Crippen molar-refractivity contribution < 1.29 is 17.6 Å². The number of anilines is 1. The Morgan fingerprint density at radius 2 is 1.85 bits per heavy atom. The van der Waals surface area contributed by atoms with Crippen molar-refractivity contribution in [3.63, 3.8) is 0 Å². The van der Waals surface area contributed by atoms with Crippen molar-refractivity contribution in [2.24, 2.45) is 21.5 Å². The van der Waals surface area contributed by atoms with E-state index in [0.717, 1.165) is 10.9 Å². The SMILES string of the molecule is Cc1c(F)ccc2cc(C(C)C3(C)N=C(N)N=C(N)N3)c(N3CCN(CC(F)(F)F)CC3)nc12. The van der Waals surface area contributed by atoms with Crippen molar-refractivity contribution in [2.45, 2.75) is 38.5 Å². The van der Waals surface area contributed by atoms with E-state index in [9.17, 15) is 17.6 Å². The zero-order chi connectivity index (χ0) is 24.8.